The minimum Gasteiger partial charge on any atom is -0.352 e. The van der Waals surface area contributed by atoms with Crippen molar-refractivity contribution >= 4 is 17.2 Å². The van der Waals surface area contributed by atoms with Gasteiger partial charge in [0, 0.05) is 23.8 Å². The second-order valence-electron chi connectivity index (χ2n) is 6.85. The molecule has 10 heteroatoms. The van der Waals surface area contributed by atoms with Crippen molar-refractivity contribution < 1.29 is 9.32 Å². The van der Waals surface area contributed by atoms with Crippen molar-refractivity contribution in [1.82, 2.24) is 35.7 Å². The molecule has 1 aliphatic rings. The number of nitrogens with zero attached hydrogens (tertiary/aromatic N) is 6. The van der Waals surface area contributed by atoms with Crippen LogP contribution in [0.15, 0.2) is 10.9 Å². The lowest BCUT2D eigenvalue weighted by atomic mass is 10.1. The average molecular weight is 387 g/mol. The lowest BCUT2D eigenvalue weighted by Gasteiger charge is -2.07. The van der Waals surface area contributed by atoms with Gasteiger partial charge in [0.1, 0.15) is 11.3 Å². The Morgan fingerprint density at radius 3 is 3.04 bits per heavy atom. The van der Waals surface area contributed by atoms with Crippen molar-refractivity contribution in [3.63, 3.8) is 0 Å². The molecule has 1 amide bonds. The predicted molar refractivity (Wildman–Crippen MR) is 98.1 cm³/mol. The molecule has 4 rings (SSSR count). The fourth-order valence-corrected chi connectivity index (χ4v) is 4.48. The summed E-state index contributed by atoms with van der Waals surface area (Å²) in [5, 5.41) is 19.1. The third-order valence-corrected chi connectivity index (χ3v) is 5.82. The molecule has 3 aromatic heterocycles. The second kappa shape index (κ2) is 7.55. The van der Waals surface area contributed by atoms with Crippen LogP contribution < -0.4 is 5.32 Å². The highest BCUT2D eigenvalue weighted by Crippen LogP contribution is 2.37. The minimum atomic E-state index is -0.0756. The van der Waals surface area contributed by atoms with E-state index in [1.165, 1.54) is 11.2 Å². The third kappa shape index (κ3) is 3.61. The molecule has 0 unspecified atom stereocenters. The van der Waals surface area contributed by atoms with E-state index >= 15 is 0 Å². The number of nitrogens with one attached hydrogen (secondary N) is 1. The van der Waals surface area contributed by atoms with E-state index in [1.54, 1.807) is 16.0 Å². The number of carbonyl (C=O) groups excluding carboxylic acids is 1. The number of hydrogen-bond acceptors (Lipinski definition) is 8. The summed E-state index contributed by atoms with van der Waals surface area (Å²) in [4.78, 5) is 18.5. The Hall–Kier alpha value is -2.62. The predicted octanol–water partition coefficient (Wildman–Crippen LogP) is 2.08. The molecule has 142 valence electrons. The fraction of sp³-hybridized carbons (Fsp3) is 0.529. The van der Waals surface area contributed by atoms with Gasteiger partial charge >= 0.3 is 0 Å². The van der Waals surface area contributed by atoms with Gasteiger partial charge in [0.15, 0.2) is 5.82 Å². The van der Waals surface area contributed by atoms with E-state index < -0.39 is 0 Å². The van der Waals surface area contributed by atoms with Gasteiger partial charge < -0.3 is 9.84 Å². The zero-order valence-corrected chi connectivity index (χ0v) is 16.1. The van der Waals surface area contributed by atoms with Crippen molar-refractivity contribution in [3.05, 3.63) is 34.0 Å². The first kappa shape index (κ1) is 17.8. The Balaban J connectivity index is 1.40. The van der Waals surface area contributed by atoms with Gasteiger partial charge in [-0.1, -0.05) is 19.0 Å². The number of fused-ring (bicyclic) bond motifs is 1. The zero-order valence-electron chi connectivity index (χ0n) is 15.3. The molecule has 1 N–H and O–H groups in total. The maximum absolute atomic E-state index is 12.8. The Morgan fingerprint density at radius 1 is 1.41 bits per heavy atom. The topological polar surface area (TPSA) is 112 Å². The van der Waals surface area contributed by atoms with Crippen LogP contribution in [0, 0.1) is 0 Å². The van der Waals surface area contributed by atoms with Gasteiger partial charge in [-0.2, -0.15) is 9.67 Å². The van der Waals surface area contributed by atoms with Gasteiger partial charge in [0.2, 0.25) is 5.89 Å². The minimum absolute atomic E-state index is 0.0756. The maximum Gasteiger partial charge on any atom is 0.254 e. The molecular formula is C17H21N7O2S. The molecule has 0 saturated heterocycles. The lowest BCUT2D eigenvalue weighted by Crippen LogP contribution is -2.26. The summed E-state index contributed by atoms with van der Waals surface area (Å²) in [6.07, 6.45) is 5.93. The number of amides is 1. The van der Waals surface area contributed by atoms with Crippen LogP contribution in [0.5, 0.6) is 0 Å². The Morgan fingerprint density at radius 2 is 2.30 bits per heavy atom. The van der Waals surface area contributed by atoms with Crippen LogP contribution in [0.4, 0.5) is 0 Å². The Labute approximate surface area is 160 Å². The smallest absolute Gasteiger partial charge is 0.254 e. The molecule has 0 spiro atoms. The summed E-state index contributed by atoms with van der Waals surface area (Å²) in [6.45, 7) is 4.59. The van der Waals surface area contributed by atoms with Crippen LogP contribution in [0.2, 0.25) is 0 Å². The quantitative estimate of drug-likeness (QED) is 0.618. The molecule has 0 aromatic carbocycles. The first-order valence-electron chi connectivity index (χ1n) is 9.12. The number of thiophene rings is 1. The van der Waals surface area contributed by atoms with Crippen molar-refractivity contribution in [3.8, 4) is 5.00 Å². The van der Waals surface area contributed by atoms with Crippen molar-refractivity contribution in [2.75, 3.05) is 6.54 Å². The molecule has 0 saturated carbocycles. The zero-order chi connectivity index (χ0) is 18.8. The molecule has 0 radical (unpaired) electrons. The number of carbonyl (C=O) groups is 1. The number of aryl methyl sites for hydroxylation is 2. The van der Waals surface area contributed by atoms with Crippen LogP contribution >= 0.6 is 11.3 Å². The molecule has 0 atom stereocenters. The summed E-state index contributed by atoms with van der Waals surface area (Å²) in [5.41, 5.74) is 1.85. The Kier molecular flexibility index (Phi) is 4.97. The normalized spacial score (nSPS) is 13.3. The second-order valence-corrected chi connectivity index (χ2v) is 7.94. The fourth-order valence-electron chi connectivity index (χ4n) is 3.17. The van der Waals surface area contributed by atoms with Crippen LogP contribution in [0.3, 0.4) is 0 Å². The van der Waals surface area contributed by atoms with Crippen LogP contribution in [-0.2, 0) is 19.3 Å². The molecule has 0 aliphatic heterocycles. The van der Waals surface area contributed by atoms with E-state index in [0.717, 1.165) is 36.2 Å². The highest BCUT2D eigenvalue weighted by atomic mass is 32.1. The van der Waals surface area contributed by atoms with Gasteiger partial charge in [-0.25, -0.2) is 0 Å². The monoisotopic (exact) mass is 387 g/mol. The number of aromatic nitrogens is 6. The van der Waals surface area contributed by atoms with Crippen LogP contribution in [0.1, 0.15) is 65.1 Å². The molecule has 3 aromatic rings. The molecule has 0 bridgehead atoms. The van der Waals surface area contributed by atoms with E-state index in [1.807, 2.05) is 13.8 Å². The summed E-state index contributed by atoms with van der Waals surface area (Å²) in [6, 6.07) is 0. The van der Waals surface area contributed by atoms with E-state index in [4.69, 9.17) is 4.52 Å². The largest absolute Gasteiger partial charge is 0.352 e. The van der Waals surface area contributed by atoms with Gasteiger partial charge in [0.05, 0.1) is 5.56 Å². The van der Waals surface area contributed by atoms with E-state index in [-0.39, 0.29) is 11.8 Å². The van der Waals surface area contributed by atoms with Crippen LogP contribution in [0.25, 0.3) is 5.00 Å². The molecular weight excluding hydrogens is 366 g/mol. The first-order valence-corrected chi connectivity index (χ1v) is 9.93. The molecule has 0 fully saturated rings. The molecule has 9 nitrogen and oxygen atoms in total. The van der Waals surface area contributed by atoms with Gasteiger partial charge in [-0.3, -0.25) is 4.79 Å². The third-order valence-electron chi connectivity index (χ3n) is 4.54. The van der Waals surface area contributed by atoms with E-state index in [0.29, 0.717) is 30.2 Å². The number of hydrogen-bond donors (Lipinski definition) is 1. The van der Waals surface area contributed by atoms with E-state index in [9.17, 15) is 4.79 Å². The number of rotatable bonds is 7. The molecule has 3 heterocycles. The highest BCUT2D eigenvalue weighted by Gasteiger charge is 2.27. The van der Waals surface area contributed by atoms with Gasteiger partial charge in [-0.05, 0) is 41.7 Å². The van der Waals surface area contributed by atoms with Crippen molar-refractivity contribution in [1.29, 1.82) is 0 Å². The van der Waals surface area contributed by atoms with Crippen LogP contribution in [-0.4, -0.2) is 42.8 Å². The summed E-state index contributed by atoms with van der Waals surface area (Å²) < 4.78 is 6.81. The maximum atomic E-state index is 12.8. The lowest BCUT2D eigenvalue weighted by molar-refractivity contribution is 0.0952. The van der Waals surface area contributed by atoms with Crippen molar-refractivity contribution in [2.45, 2.75) is 51.9 Å². The standard InChI is InChI=1S/C17H21N7O2S/c1-10(2)15-20-13(26-21-15)7-4-8-18-16(25)14-11-5-3-6-12(11)27-17(14)24-9-19-22-23-24/h9-10H,3-8H2,1-2H3,(H,18,25). The van der Waals surface area contributed by atoms with Crippen molar-refractivity contribution in [2.24, 2.45) is 0 Å². The molecule has 27 heavy (non-hydrogen) atoms. The first-order chi connectivity index (χ1) is 13.1. The Bertz CT molecular complexity index is 929. The van der Waals surface area contributed by atoms with E-state index in [2.05, 4.69) is 31.0 Å². The SMILES string of the molecule is CC(C)c1noc(CCCNC(=O)c2c(-n3cnnn3)sc3c2CCC3)n1. The molecule has 1 aliphatic carbocycles. The van der Waals surface area contributed by atoms with Gasteiger partial charge in [0.25, 0.3) is 5.91 Å². The summed E-state index contributed by atoms with van der Waals surface area (Å²) in [7, 11) is 0. The summed E-state index contributed by atoms with van der Waals surface area (Å²) >= 11 is 1.60. The number of tetrazole rings is 1. The summed E-state index contributed by atoms with van der Waals surface area (Å²) in [5.74, 6) is 1.49. The average Bonchev–Trinajstić information content (AvgIpc) is 3.42. The van der Waals surface area contributed by atoms with Gasteiger partial charge in [-0.15, -0.1) is 16.4 Å². The highest BCUT2D eigenvalue weighted by molar-refractivity contribution is 7.15.